The van der Waals surface area contributed by atoms with Crippen LogP contribution in [0.2, 0.25) is 0 Å². The first kappa shape index (κ1) is 21.8. The zero-order valence-electron chi connectivity index (χ0n) is 19.4. The molecule has 0 bridgehead atoms. The van der Waals surface area contributed by atoms with Crippen molar-refractivity contribution in [3.8, 4) is 0 Å². The zero-order valence-corrected chi connectivity index (χ0v) is 19.4. The molecule has 0 saturated carbocycles. The van der Waals surface area contributed by atoms with Crippen molar-refractivity contribution < 1.29 is 14.3 Å². The lowest BCUT2D eigenvalue weighted by atomic mass is 10.0. The van der Waals surface area contributed by atoms with E-state index in [1.807, 2.05) is 54.4 Å². The van der Waals surface area contributed by atoms with E-state index in [1.165, 1.54) is 4.90 Å². The summed E-state index contributed by atoms with van der Waals surface area (Å²) in [5.74, 6) is -0.181. The van der Waals surface area contributed by atoms with Gasteiger partial charge in [0, 0.05) is 14.2 Å². The Kier molecular flexibility index (Phi) is 5.55. The second-order valence-corrected chi connectivity index (χ2v) is 8.91. The van der Waals surface area contributed by atoms with E-state index in [-0.39, 0.29) is 30.8 Å². The number of hydrogen-bond acceptors (Lipinski definition) is 7. The standard InChI is InChI=1S/C24H30N6O3/c1-15-16(2)30-20-21(25-23(30)29(26-15)12-13-33-4)27(3)24(32)28(22(20)31)14-18-10-7-9-17-8-5-6-11-19(17)18/h5-11,16,20-21,23,25H,12-14H2,1-4H3. The van der Waals surface area contributed by atoms with Gasteiger partial charge in [-0.25, -0.2) is 9.69 Å². The van der Waals surface area contributed by atoms with Gasteiger partial charge in [-0.1, -0.05) is 42.5 Å². The molecule has 0 radical (unpaired) electrons. The van der Waals surface area contributed by atoms with Crippen LogP contribution in [-0.2, 0) is 16.1 Å². The summed E-state index contributed by atoms with van der Waals surface area (Å²) in [6, 6.07) is 13.2. The number of fused-ring (bicyclic) bond motifs is 4. The Morgan fingerprint density at radius 2 is 1.88 bits per heavy atom. The minimum Gasteiger partial charge on any atom is -0.383 e. The quantitative estimate of drug-likeness (QED) is 0.749. The SMILES string of the molecule is COCCN1N=C(C)C(C)N2C3C(=O)N(Cc4cccc5ccccc45)C(=O)N(C)C3NC12. The van der Waals surface area contributed by atoms with Crippen LogP contribution in [0.1, 0.15) is 19.4 Å². The topological polar surface area (TPSA) is 80.7 Å². The molecule has 9 heteroatoms. The maximum atomic E-state index is 13.8. The fraction of sp³-hybridized carbons (Fsp3) is 0.458. The lowest BCUT2D eigenvalue weighted by molar-refractivity contribution is -0.140. The maximum absolute atomic E-state index is 13.8. The number of carbonyl (C=O) groups is 2. The number of ether oxygens (including phenoxy) is 1. The van der Waals surface area contributed by atoms with Crippen LogP contribution in [0, 0.1) is 0 Å². The summed E-state index contributed by atoms with van der Waals surface area (Å²) in [5, 5.41) is 12.3. The van der Waals surface area contributed by atoms with Gasteiger partial charge in [-0.3, -0.25) is 20.0 Å². The van der Waals surface area contributed by atoms with E-state index in [0.717, 1.165) is 22.0 Å². The molecule has 3 aliphatic heterocycles. The molecule has 0 spiro atoms. The molecule has 2 fully saturated rings. The minimum absolute atomic E-state index is 0.0405. The van der Waals surface area contributed by atoms with Crippen molar-refractivity contribution in [1.29, 1.82) is 0 Å². The Morgan fingerprint density at radius 1 is 1.12 bits per heavy atom. The minimum atomic E-state index is -0.502. The average Bonchev–Trinajstić information content (AvgIpc) is 3.23. The molecule has 0 aromatic heterocycles. The maximum Gasteiger partial charge on any atom is 0.328 e. The van der Waals surface area contributed by atoms with Crippen LogP contribution >= 0.6 is 0 Å². The molecule has 4 unspecified atom stereocenters. The predicted molar refractivity (Wildman–Crippen MR) is 125 cm³/mol. The number of rotatable bonds is 5. The third-order valence-electron chi connectivity index (χ3n) is 7.04. The van der Waals surface area contributed by atoms with Crippen LogP contribution in [0.25, 0.3) is 10.8 Å². The highest BCUT2D eigenvalue weighted by atomic mass is 16.5. The van der Waals surface area contributed by atoms with Crippen molar-refractivity contribution in [1.82, 2.24) is 25.0 Å². The van der Waals surface area contributed by atoms with Crippen LogP contribution in [0.3, 0.4) is 0 Å². The van der Waals surface area contributed by atoms with Crippen molar-refractivity contribution in [2.24, 2.45) is 5.10 Å². The number of urea groups is 1. The molecular weight excluding hydrogens is 420 g/mol. The number of hydrazone groups is 1. The smallest absolute Gasteiger partial charge is 0.328 e. The van der Waals surface area contributed by atoms with Crippen LogP contribution in [-0.4, -0.2) is 89.2 Å². The van der Waals surface area contributed by atoms with Gasteiger partial charge in [0.2, 0.25) is 0 Å². The van der Waals surface area contributed by atoms with Crippen LogP contribution in [0.5, 0.6) is 0 Å². The molecule has 2 aromatic rings. The first-order valence-electron chi connectivity index (χ1n) is 11.3. The van der Waals surface area contributed by atoms with Crippen LogP contribution in [0.4, 0.5) is 4.79 Å². The van der Waals surface area contributed by atoms with E-state index < -0.39 is 12.2 Å². The normalized spacial score (nSPS) is 27.8. The average molecular weight is 451 g/mol. The molecule has 5 rings (SSSR count). The third kappa shape index (κ3) is 3.47. The highest BCUT2D eigenvalue weighted by Crippen LogP contribution is 2.33. The molecule has 2 aromatic carbocycles. The van der Waals surface area contributed by atoms with Crippen molar-refractivity contribution in [3.05, 3.63) is 48.0 Å². The van der Waals surface area contributed by atoms with Gasteiger partial charge < -0.3 is 9.64 Å². The van der Waals surface area contributed by atoms with Gasteiger partial charge in [0.1, 0.15) is 12.2 Å². The van der Waals surface area contributed by atoms with E-state index in [0.29, 0.717) is 13.2 Å². The second-order valence-electron chi connectivity index (χ2n) is 8.91. The number of benzene rings is 2. The van der Waals surface area contributed by atoms with E-state index in [4.69, 9.17) is 9.84 Å². The number of amides is 3. The van der Waals surface area contributed by atoms with Gasteiger partial charge in [0.05, 0.1) is 31.4 Å². The first-order valence-corrected chi connectivity index (χ1v) is 11.3. The summed E-state index contributed by atoms with van der Waals surface area (Å²) < 4.78 is 5.25. The Bertz CT molecular complexity index is 1120. The lowest BCUT2D eigenvalue weighted by Crippen LogP contribution is -2.67. The molecule has 3 heterocycles. The molecule has 9 nitrogen and oxygen atoms in total. The fourth-order valence-electron chi connectivity index (χ4n) is 5.15. The lowest BCUT2D eigenvalue weighted by Gasteiger charge is -2.45. The summed E-state index contributed by atoms with van der Waals surface area (Å²) in [7, 11) is 3.41. The summed E-state index contributed by atoms with van der Waals surface area (Å²) in [6.07, 6.45) is -0.710. The summed E-state index contributed by atoms with van der Waals surface area (Å²) in [5.41, 5.74) is 1.88. The second kappa shape index (κ2) is 8.40. The molecule has 1 N–H and O–H groups in total. The Morgan fingerprint density at radius 3 is 2.67 bits per heavy atom. The number of nitrogens with one attached hydrogen (secondary N) is 1. The Balaban J connectivity index is 1.48. The highest BCUT2D eigenvalue weighted by Gasteiger charge is 2.57. The third-order valence-corrected chi connectivity index (χ3v) is 7.04. The molecule has 4 atom stereocenters. The zero-order chi connectivity index (χ0) is 23.3. The van der Waals surface area contributed by atoms with Gasteiger partial charge in [-0.05, 0) is 30.2 Å². The molecule has 3 amide bonds. The van der Waals surface area contributed by atoms with Gasteiger partial charge in [-0.2, -0.15) is 5.10 Å². The van der Waals surface area contributed by atoms with Crippen LogP contribution in [0.15, 0.2) is 47.6 Å². The molecule has 2 saturated heterocycles. The monoisotopic (exact) mass is 450 g/mol. The van der Waals surface area contributed by atoms with Crippen molar-refractivity contribution >= 4 is 28.4 Å². The molecule has 3 aliphatic rings. The largest absolute Gasteiger partial charge is 0.383 e. The van der Waals surface area contributed by atoms with E-state index >= 15 is 0 Å². The first-order chi connectivity index (χ1) is 15.9. The number of nitrogens with zero attached hydrogens (tertiary/aromatic N) is 5. The number of hydrogen-bond donors (Lipinski definition) is 1. The number of carbonyl (C=O) groups excluding carboxylic acids is 2. The summed E-state index contributed by atoms with van der Waals surface area (Å²) >= 11 is 0. The summed E-state index contributed by atoms with van der Waals surface area (Å²) in [4.78, 5) is 32.4. The van der Waals surface area contributed by atoms with Gasteiger partial charge in [0.15, 0.2) is 6.29 Å². The Hall–Kier alpha value is -3.01. The van der Waals surface area contributed by atoms with Crippen molar-refractivity contribution in [2.75, 3.05) is 27.3 Å². The number of imide groups is 1. The van der Waals surface area contributed by atoms with Crippen LogP contribution < -0.4 is 5.32 Å². The number of likely N-dealkylation sites (N-methyl/N-ethyl adjacent to an activating group) is 1. The molecule has 33 heavy (non-hydrogen) atoms. The summed E-state index contributed by atoms with van der Waals surface area (Å²) in [6.45, 7) is 5.37. The Labute approximate surface area is 193 Å². The van der Waals surface area contributed by atoms with Gasteiger partial charge >= 0.3 is 6.03 Å². The molecule has 0 aliphatic carbocycles. The predicted octanol–water partition coefficient (Wildman–Crippen LogP) is 1.84. The molecular formula is C24H30N6O3. The van der Waals surface area contributed by atoms with Gasteiger partial charge in [-0.15, -0.1) is 0 Å². The van der Waals surface area contributed by atoms with Gasteiger partial charge in [0.25, 0.3) is 5.91 Å². The fourth-order valence-corrected chi connectivity index (χ4v) is 5.15. The van der Waals surface area contributed by atoms with Crippen molar-refractivity contribution in [3.63, 3.8) is 0 Å². The molecule has 174 valence electrons. The van der Waals surface area contributed by atoms with E-state index in [9.17, 15) is 9.59 Å². The van der Waals surface area contributed by atoms with E-state index in [1.54, 1.807) is 19.1 Å². The number of methoxy groups -OCH3 is 1. The van der Waals surface area contributed by atoms with E-state index in [2.05, 4.69) is 17.1 Å². The van der Waals surface area contributed by atoms with Crippen molar-refractivity contribution in [2.45, 2.75) is 44.9 Å². The highest BCUT2D eigenvalue weighted by molar-refractivity contribution is 6.01.